The first-order chi connectivity index (χ1) is 8.52. The van der Waals surface area contributed by atoms with E-state index >= 15 is 0 Å². The van der Waals surface area contributed by atoms with Crippen molar-refractivity contribution in [2.75, 3.05) is 7.11 Å². The molecule has 6 heteroatoms. The third kappa shape index (κ3) is 3.05. The number of ether oxygens (including phenoxy) is 1. The standard InChI is InChI=1S/C12H8Br2Cl2OS/c1-17-6-2-3-7(9(15)4-6)11(16)10-5-8(13)12(14)18-10/h2-5,11H,1H3. The monoisotopic (exact) mass is 428 g/mol. The summed E-state index contributed by atoms with van der Waals surface area (Å²) < 4.78 is 7.14. The fourth-order valence-electron chi connectivity index (χ4n) is 1.48. The summed E-state index contributed by atoms with van der Waals surface area (Å²) in [7, 11) is 1.61. The van der Waals surface area contributed by atoms with Crippen molar-refractivity contribution >= 4 is 66.4 Å². The van der Waals surface area contributed by atoms with Crippen LogP contribution in [0.5, 0.6) is 5.75 Å². The van der Waals surface area contributed by atoms with Gasteiger partial charge in [-0.1, -0.05) is 17.7 Å². The van der Waals surface area contributed by atoms with Gasteiger partial charge in [-0.2, -0.15) is 0 Å². The Morgan fingerprint density at radius 2 is 2.00 bits per heavy atom. The van der Waals surface area contributed by atoms with E-state index < -0.39 is 0 Å². The number of thiophene rings is 1. The van der Waals surface area contributed by atoms with E-state index in [9.17, 15) is 0 Å². The third-order valence-corrected chi connectivity index (χ3v) is 6.64. The first-order valence-corrected chi connectivity index (χ1v) is 8.17. The van der Waals surface area contributed by atoms with Crippen molar-refractivity contribution in [1.82, 2.24) is 0 Å². The number of halogens is 4. The highest BCUT2D eigenvalue weighted by molar-refractivity contribution is 9.13. The van der Waals surface area contributed by atoms with Gasteiger partial charge in [0.1, 0.15) is 5.75 Å². The molecule has 0 radical (unpaired) electrons. The minimum atomic E-state index is -0.268. The van der Waals surface area contributed by atoms with Crippen LogP contribution in [0.1, 0.15) is 15.8 Å². The Bertz CT molecular complexity index is 552. The molecule has 1 nitrogen and oxygen atoms in total. The quantitative estimate of drug-likeness (QED) is 0.522. The zero-order valence-corrected chi connectivity index (χ0v) is 14.7. The lowest BCUT2D eigenvalue weighted by Crippen LogP contribution is -1.92. The number of benzene rings is 1. The topological polar surface area (TPSA) is 9.23 Å². The largest absolute Gasteiger partial charge is 0.497 e. The summed E-state index contributed by atoms with van der Waals surface area (Å²) in [5.74, 6) is 0.723. The van der Waals surface area contributed by atoms with Crippen molar-refractivity contribution in [2.24, 2.45) is 0 Å². The molecule has 0 bridgehead atoms. The molecule has 1 heterocycles. The van der Waals surface area contributed by atoms with Crippen molar-refractivity contribution in [3.8, 4) is 5.75 Å². The lowest BCUT2D eigenvalue weighted by Gasteiger charge is -2.11. The normalized spacial score (nSPS) is 12.5. The number of alkyl halides is 1. The zero-order chi connectivity index (χ0) is 13.3. The van der Waals surface area contributed by atoms with E-state index in [4.69, 9.17) is 27.9 Å². The van der Waals surface area contributed by atoms with Crippen LogP contribution < -0.4 is 4.74 Å². The van der Waals surface area contributed by atoms with Gasteiger partial charge in [0.25, 0.3) is 0 Å². The van der Waals surface area contributed by atoms with Crippen LogP contribution in [0.25, 0.3) is 0 Å². The van der Waals surface area contributed by atoms with Crippen LogP contribution >= 0.6 is 66.4 Å². The molecule has 0 aliphatic rings. The summed E-state index contributed by atoms with van der Waals surface area (Å²) in [5, 5.41) is 0.339. The van der Waals surface area contributed by atoms with Crippen molar-refractivity contribution in [1.29, 1.82) is 0 Å². The Morgan fingerprint density at radius 1 is 1.28 bits per heavy atom. The number of rotatable bonds is 3. The van der Waals surface area contributed by atoms with E-state index in [1.54, 1.807) is 24.5 Å². The molecule has 0 aliphatic carbocycles. The maximum atomic E-state index is 6.46. The zero-order valence-electron chi connectivity index (χ0n) is 9.22. The van der Waals surface area contributed by atoms with Crippen LogP contribution in [0, 0.1) is 0 Å². The van der Waals surface area contributed by atoms with Gasteiger partial charge in [-0.25, -0.2) is 0 Å². The van der Waals surface area contributed by atoms with Crippen LogP contribution in [0.3, 0.4) is 0 Å². The van der Waals surface area contributed by atoms with Gasteiger partial charge in [0.2, 0.25) is 0 Å². The van der Waals surface area contributed by atoms with Crippen LogP contribution in [-0.4, -0.2) is 7.11 Å². The Morgan fingerprint density at radius 3 is 2.50 bits per heavy atom. The van der Waals surface area contributed by atoms with Crippen LogP contribution in [0.4, 0.5) is 0 Å². The minimum absolute atomic E-state index is 0.268. The van der Waals surface area contributed by atoms with E-state index in [0.29, 0.717) is 5.02 Å². The summed E-state index contributed by atoms with van der Waals surface area (Å²) in [6, 6.07) is 7.51. The Labute approximate surface area is 136 Å². The van der Waals surface area contributed by atoms with Gasteiger partial charge in [0.15, 0.2) is 0 Å². The Balaban J connectivity index is 2.36. The number of hydrogen-bond donors (Lipinski definition) is 0. The van der Waals surface area contributed by atoms with E-state index in [0.717, 1.165) is 24.4 Å². The van der Waals surface area contributed by atoms with Crippen LogP contribution in [0.2, 0.25) is 5.02 Å². The average Bonchev–Trinajstić information content (AvgIpc) is 2.68. The van der Waals surface area contributed by atoms with Crippen molar-refractivity contribution in [3.05, 3.63) is 48.0 Å². The summed E-state index contributed by atoms with van der Waals surface area (Å²) >= 11 is 21.2. The maximum absolute atomic E-state index is 6.46. The highest BCUT2D eigenvalue weighted by atomic mass is 79.9. The van der Waals surface area contributed by atoms with Gasteiger partial charge in [0, 0.05) is 14.4 Å². The Hall–Kier alpha value is 0.260. The van der Waals surface area contributed by atoms with E-state index in [2.05, 4.69) is 31.9 Å². The SMILES string of the molecule is COc1ccc(C(Cl)c2cc(Br)c(Br)s2)c(Cl)c1. The van der Waals surface area contributed by atoms with Gasteiger partial charge in [-0.05, 0) is 55.6 Å². The van der Waals surface area contributed by atoms with E-state index in [1.807, 2.05) is 18.2 Å². The predicted octanol–water partition coefficient (Wildman–Crippen LogP) is 6.26. The molecule has 0 fully saturated rings. The van der Waals surface area contributed by atoms with Gasteiger partial charge in [0.05, 0.1) is 16.3 Å². The molecule has 2 aromatic rings. The molecule has 1 aromatic carbocycles. The molecule has 0 saturated carbocycles. The molecule has 1 unspecified atom stereocenters. The molecule has 2 rings (SSSR count). The average molecular weight is 431 g/mol. The highest BCUT2D eigenvalue weighted by Gasteiger charge is 2.18. The summed E-state index contributed by atoms with van der Waals surface area (Å²) in [6.07, 6.45) is 0. The fraction of sp³-hybridized carbons (Fsp3) is 0.167. The minimum Gasteiger partial charge on any atom is -0.497 e. The van der Waals surface area contributed by atoms with Gasteiger partial charge in [-0.15, -0.1) is 22.9 Å². The van der Waals surface area contributed by atoms with E-state index in [-0.39, 0.29) is 5.38 Å². The predicted molar refractivity (Wildman–Crippen MR) is 85.4 cm³/mol. The number of methoxy groups -OCH3 is 1. The molecule has 0 aliphatic heterocycles. The molecule has 0 spiro atoms. The van der Waals surface area contributed by atoms with Crippen molar-refractivity contribution < 1.29 is 4.74 Å². The second kappa shape index (κ2) is 6.14. The maximum Gasteiger partial charge on any atom is 0.120 e. The fourth-order valence-corrected chi connectivity index (χ4v) is 4.29. The molecular weight excluding hydrogens is 423 g/mol. The molecular formula is C12H8Br2Cl2OS. The second-order valence-corrected chi connectivity index (χ2v) is 7.62. The molecule has 0 amide bonds. The molecule has 0 saturated heterocycles. The molecule has 18 heavy (non-hydrogen) atoms. The summed E-state index contributed by atoms with van der Waals surface area (Å²) in [4.78, 5) is 1.03. The molecule has 96 valence electrons. The Kier molecular flexibility index (Phi) is 5.00. The van der Waals surface area contributed by atoms with Crippen LogP contribution in [-0.2, 0) is 0 Å². The van der Waals surface area contributed by atoms with Crippen molar-refractivity contribution in [3.63, 3.8) is 0 Å². The van der Waals surface area contributed by atoms with Crippen LogP contribution in [0.15, 0.2) is 32.5 Å². The molecule has 1 aromatic heterocycles. The first-order valence-electron chi connectivity index (χ1n) is 4.95. The van der Waals surface area contributed by atoms with E-state index in [1.165, 1.54) is 0 Å². The number of hydrogen-bond acceptors (Lipinski definition) is 2. The van der Waals surface area contributed by atoms with Crippen molar-refractivity contribution in [2.45, 2.75) is 5.38 Å². The van der Waals surface area contributed by atoms with Gasteiger partial charge < -0.3 is 4.74 Å². The lowest BCUT2D eigenvalue weighted by molar-refractivity contribution is 0.414. The lowest BCUT2D eigenvalue weighted by atomic mass is 10.1. The second-order valence-electron chi connectivity index (χ2n) is 3.52. The summed E-state index contributed by atoms with van der Waals surface area (Å²) in [6.45, 7) is 0. The van der Waals surface area contributed by atoms with Gasteiger partial charge in [-0.3, -0.25) is 0 Å². The smallest absolute Gasteiger partial charge is 0.120 e. The van der Waals surface area contributed by atoms with Gasteiger partial charge >= 0.3 is 0 Å². The molecule has 1 atom stereocenters. The molecule has 0 N–H and O–H groups in total. The third-order valence-electron chi connectivity index (χ3n) is 2.39. The first kappa shape index (κ1) is 14.7. The highest BCUT2D eigenvalue weighted by Crippen LogP contribution is 2.42. The summed E-state index contributed by atoms with van der Waals surface area (Å²) in [5.41, 5.74) is 0.875.